The molecule has 0 saturated carbocycles. The zero-order valence-corrected chi connectivity index (χ0v) is 24.3. The number of hydrogen-bond donors (Lipinski definition) is 0. The second-order valence-corrected chi connectivity index (χ2v) is 9.79. The quantitative estimate of drug-likeness (QED) is 0.176. The Labute approximate surface area is 232 Å². The highest BCUT2D eigenvalue weighted by molar-refractivity contribution is 8.13. The van der Waals surface area contributed by atoms with Crippen LogP contribution in [0.15, 0.2) is 45.3 Å². The van der Waals surface area contributed by atoms with Gasteiger partial charge in [0, 0.05) is 37.1 Å². The van der Waals surface area contributed by atoms with Gasteiger partial charge < -0.3 is 14.2 Å². The third-order valence-electron chi connectivity index (χ3n) is 6.27. The summed E-state index contributed by atoms with van der Waals surface area (Å²) in [5.41, 5.74) is 3.51. The van der Waals surface area contributed by atoms with Gasteiger partial charge in [0.25, 0.3) is 0 Å². The van der Waals surface area contributed by atoms with E-state index in [0.717, 1.165) is 59.7 Å². The molecule has 0 unspecified atom stereocenters. The molecule has 2 saturated heterocycles. The molecule has 0 bridgehead atoms. The summed E-state index contributed by atoms with van der Waals surface area (Å²) >= 11 is 1.76. The van der Waals surface area contributed by atoms with Gasteiger partial charge in [-0.15, -0.1) is 41.7 Å². The molecule has 0 spiro atoms. The third-order valence-corrected chi connectivity index (χ3v) is 7.27. The first-order chi connectivity index (χ1) is 16.5. The van der Waals surface area contributed by atoms with Gasteiger partial charge in [0.2, 0.25) is 0 Å². The molecule has 0 N–H and O–H groups in total. The van der Waals surface area contributed by atoms with Crippen LogP contribution in [0.5, 0.6) is 0 Å². The molecule has 2 atom stereocenters. The van der Waals surface area contributed by atoms with Crippen LogP contribution < -0.4 is 4.90 Å². The summed E-state index contributed by atoms with van der Waals surface area (Å²) in [7, 11) is 0. The Bertz CT molecular complexity index is 1050. The van der Waals surface area contributed by atoms with Crippen molar-refractivity contribution in [2.75, 3.05) is 36.8 Å². The van der Waals surface area contributed by atoms with Crippen LogP contribution in [-0.4, -0.2) is 58.6 Å². The van der Waals surface area contributed by atoms with Crippen molar-refractivity contribution in [2.24, 2.45) is 16.1 Å². The smallest absolute Gasteiger partial charge is 0.181 e. The van der Waals surface area contributed by atoms with Crippen molar-refractivity contribution < 1.29 is 4.42 Å². The van der Waals surface area contributed by atoms with Crippen LogP contribution in [0.2, 0.25) is 0 Å². The molecule has 3 heterocycles. The van der Waals surface area contributed by atoms with Gasteiger partial charge in [-0.3, -0.25) is 0 Å². The highest BCUT2D eigenvalue weighted by Gasteiger charge is 2.41. The molecule has 0 radical (unpaired) electrons. The van der Waals surface area contributed by atoms with Crippen molar-refractivity contribution in [3.8, 4) is 6.07 Å². The van der Waals surface area contributed by atoms with Crippen LogP contribution in [0.25, 0.3) is 0 Å². The number of likely N-dealkylation sites (tertiary alicyclic amines) is 1. The lowest BCUT2D eigenvalue weighted by molar-refractivity contribution is 0.319. The lowest BCUT2D eigenvalue weighted by Crippen LogP contribution is -2.35. The summed E-state index contributed by atoms with van der Waals surface area (Å²) in [6, 6.07) is 10.9. The highest BCUT2D eigenvalue weighted by atomic mass is 35.5. The second kappa shape index (κ2) is 15.9. The minimum absolute atomic E-state index is 0. The number of benzene rings is 1. The summed E-state index contributed by atoms with van der Waals surface area (Å²) in [5.74, 6) is 2.46. The van der Waals surface area contributed by atoms with Gasteiger partial charge in [-0.05, 0) is 64.3 Å². The van der Waals surface area contributed by atoms with Crippen molar-refractivity contribution in [1.29, 1.82) is 5.26 Å². The first kappa shape index (κ1) is 32.0. The number of aryl methyl sites for hydroxylation is 1. The fourth-order valence-electron chi connectivity index (χ4n) is 4.68. The molecule has 4 rings (SSSR count). The molecule has 2 aliphatic rings. The lowest BCUT2D eigenvalue weighted by Gasteiger charge is -2.27. The first-order valence-corrected chi connectivity index (χ1v) is 13.1. The van der Waals surface area contributed by atoms with E-state index < -0.39 is 0 Å². The second-order valence-electron chi connectivity index (χ2n) is 8.50. The van der Waals surface area contributed by atoms with Crippen molar-refractivity contribution >= 4 is 53.0 Å². The molecule has 10 heteroatoms. The topological polar surface area (TPSA) is 81.0 Å². The maximum absolute atomic E-state index is 9.21. The maximum Gasteiger partial charge on any atom is 0.181 e. The van der Waals surface area contributed by atoms with Gasteiger partial charge in [0.05, 0.1) is 22.4 Å². The Morgan fingerprint density at radius 2 is 2.00 bits per heavy atom. The van der Waals surface area contributed by atoms with Crippen LogP contribution in [0.4, 0.5) is 5.69 Å². The zero-order chi connectivity index (χ0) is 24.5. The summed E-state index contributed by atoms with van der Waals surface area (Å²) in [6.07, 6.45) is 3.80. The van der Waals surface area contributed by atoms with E-state index in [-0.39, 0.29) is 24.8 Å². The number of aromatic nitrogens is 1. The SMILES string of the molecule is C/C(=N\N=C(/C)c1ocnc1C)SCCCN1C[C@@H]2CCN(c3cccc(C#N)c3)[C@@H]2C1.CC.Cl.Cl. The van der Waals surface area contributed by atoms with Crippen molar-refractivity contribution in [3.63, 3.8) is 0 Å². The summed E-state index contributed by atoms with van der Waals surface area (Å²) in [5, 5.41) is 18.8. The third kappa shape index (κ3) is 8.24. The van der Waals surface area contributed by atoms with E-state index in [1.54, 1.807) is 11.8 Å². The molecule has 0 amide bonds. The molecule has 198 valence electrons. The molecule has 2 aliphatic heterocycles. The molecule has 2 fully saturated rings. The van der Waals surface area contributed by atoms with E-state index in [0.29, 0.717) is 11.8 Å². The van der Waals surface area contributed by atoms with E-state index >= 15 is 0 Å². The van der Waals surface area contributed by atoms with E-state index in [9.17, 15) is 5.26 Å². The molecule has 0 aliphatic carbocycles. The van der Waals surface area contributed by atoms with E-state index in [1.807, 2.05) is 52.8 Å². The molecule has 36 heavy (non-hydrogen) atoms. The highest BCUT2D eigenvalue weighted by Crippen LogP contribution is 2.35. The van der Waals surface area contributed by atoms with Crippen molar-refractivity contribution in [1.82, 2.24) is 9.88 Å². The van der Waals surface area contributed by atoms with Crippen LogP contribution >= 0.6 is 36.6 Å². The number of hydrogen-bond acceptors (Lipinski definition) is 8. The average Bonchev–Trinajstić information content (AvgIpc) is 3.57. The van der Waals surface area contributed by atoms with Crippen LogP contribution in [0.3, 0.4) is 0 Å². The molecule has 2 aromatic rings. The van der Waals surface area contributed by atoms with Crippen LogP contribution in [-0.2, 0) is 0 Å². The Balaban J connectivity index is 0.00000158. The monoisotopic (exact) mass is 552 g/mol. The van der Waals surface area contributed by atoms with Crippen LogP contribution in [0.1, 0.15) is 57.6 Å². The Hall–Kier alpha value is -2.05. The van der Waals surface area contributed by atoms with Gasteiger partial charge >= 0.3 is 0 Å². The van der Waals surface area contributed by atoms with Gasteiger partial charge in [-0.2, -0.15) is 10.4 Å². The predicted octanol–water partition coefficient (Wildman–Crippen LogP) is 6.20. The Kier molecular flexibility index (Phi) is 14.2. The minimum atomic E-state index is 0. The van der Waals surface area contributed by atoms with Crippen LogP contribution in [0, 0.1) is 24.2 Å². The molecule has 1 aromatic carbocycles. The Morgan fingerprint density at radius 1 is 1.22 bits per heavy atom. The summed E-state index contributed by atoms with van der Waals surface area (Å²) in [6.45, 7) is 14.3. The number of thioether (sulfide) groups is 1. The zero-order valence-electron chi connectivity index (χ0n) is 21.8. The minimum Gasteiger partial charge on any atom is -0.442 e. The molecular formula is C26H38Cl2N6OS. The number of nitriles is 1. The number of rotatable bonds is 7. The van der Waals surface area contributed by atoms with E-state index in [1.165, 1.54) is 25.0 Å². The van der Waals surface area contributed by atoms with E-state index in [4.69, 9.17) is 4.42 Å². The lowest BCUT2D eigenvalue weighted by atomic mass is 10.0. The fraction of sp³-hybridized carbons (Fsp3) is 0.538. The number of halogens is 2. The van der Waals surface area contributed by atoms with Crippen molar-refractivity contribution in [3.05, 3.63) is 47.7 Å². The average molecular weight is 554 g/mol. The number of oxazole rings is 1. The molecular weight excluding hydrogens is 515 g/mol. The summed E-state index contributed by atoms with van der Waals surface area (Å²) in [4.78, 5) is 9.19. The molecule has 7 nitrogen and oxygen atoms in total. The number of anilines is 1. The van der Waals surface area contributed by atoms with Gasteiger partial charge in [0.1, 0.15) is 5.71 Å². The van der Waals surface area contributed by atoms with Crippen molar-refractivity contribution in [2.45, 2.75) is 53.5 Å². The molecule has 1 aromatic heterocycles. The van der Waals surface area contributed by atoms with E-state index in [2.05, 4.69) is 37.1 Å². The normalized spacial score (nSPS) is 19.5. The van der Waals surface area contributed by atoms with Gasteiger partial charge in [-0.25, -0.2) is 4.98 Å². The predicted molar refractivity (Wildman–Crippen MR) is 156 cm³/mol. The number of nitrogens with zero attached hydrogens (tertiary/aromatic N) is 6. The maximum atomic E-state index is 9.21. The van der Waals surface area contributed by atoms with Gasteiger partial charge in [0.15, 0.2) is 12.2 Å². The summed E-state index contributed by atoms with van der Waals surface area (Å²) < 4.78 is 5.35. The fourth-order valence-corrected chi connectivity index (χ4v) is 5.35. The number of fused-ring (bicyclic) bond motifs is 1. The standard InChI is InChI=1S/C24H30N6OS.C2H6.2ClH/c1-17-24(31-16-26-17)18(2)27-28-19(3)32-11-5-9-29-14-21-8-10-30(23(21)15-29)22-7-4-6-20(12-22)13-25;1-2;;/h4,6-7,12,16,21,23H,5,8-11,14-15H2,1-3H3;1-2H3;2*1H/b27-18+,28-19+;;;/t21-,23+;;;/m0.../s1. The first-order valence-electron chi connectivity index (χ1n) is 12.2. The van der Waals surface area contributed by atoms with Gasteiger partial charge in [-0.1, -0.05) is 19.9 Å². The largest absolute Gasteiger partial charge is 0.442 e. The Morgan fingerprint density at radius 3 is 2.69 bits per heavy atom.